The lowest BCUT2D eigenvalue weighted by molar-refractivity contribution is 0.0594. The summed E-state index contributed by atoms with van der Waals surface area (Å²) in [5, 5.41) is 12.5. The maximum absolute atomic E-state index is 12.6. The number of piperidine rings is 1. The van der Waals surface area contributed by atoms with Crippen molar-refractivity contribution in [2.24, 2.45) is 11.8 Å². The standard InChI is InChI=1S/C27H33N5O4/c1-35-26(33)20-15-22(31-13-12-21-18(16-31)11-14-32(21)27(34)36-2)23(24(28)17-7-6-8-17)25(30-20)29-19-9-4-3-5-10-19/h3-5,9-10,15,17-18,21,28H,6-8,11-14,16H2,1-2H3,(H,29,30). The van der Waals surface area contributed by atoms with Crippen molar-refractivity contribution < 1.29 is 19.1 Å². The molecule has 1 aromatic carbocycles. The number of para-hydroxylation sites is 1. The van der Waals surface area contributed by atoms with Gasteiger partial charge in [0, 0.05) is 43.0 Å². The molecular weight excluding hydrogens is 458 g/mol. The molecule has 2 saturated heterocycles. The van der Waals surface area contributed by atoms with E-state index in [1.807, 2.05) is 35.2 Å². The number of ether oxygens (including phenoxy) is 2. The lowest BCUT2D eigenvalue weighted by atomic mass is 9.78. The predicted molar refractivity (Wildman–Crippen MR) is 137 cm³/mol. The fraction of sp³-hybridized carbons (Fsp3) is 0.481. The van der Waals surface area contributed by atoms with Crippen LogP contribution in [-0.2, 0) is 9.47 Å². The van der Waals surface area contributed by atoms with Gasteiger partial charge in [0.2, 0.25) is 0 Å². The molecule has 3 heterocycles. The third-order valence-corrected chi connectivity index (χ3v) is 7.80. The second-order valence-electron chi connectivity index (χ2n) is 9.79. The molecule has 190 valence electrons. The van der Waals surface area contributed by atoms with E-state index in [1.54, 1.807) is 6.07 Å². The summed E-state index contributed by atoms with van der Waals surface area (Å²) >= 11 is 0. The first-order valence-corrected chi connectivity index (χ1v) is 12.6. The van der Waals surface area contributed by atoms with E-state index >= 15 is 0 Å². The van der Waals surface area contributed by atoms with Crippen LogP contribution in [-0.4, -0.2) is 67.6 Å². The molecular formula is C27H33N5O4. The lowest BCUT2D eigenvalue weighted by Crippen LogP contribution is -2.48. The van der Waals surface area contributed by atoms with Crippen LogP contribution in [0.5, 0.6) is 0 Å². The number of carbonyl (C=O) groups excluding carboxylic acids is 2. The molecule has 9 heteroatoms. The summed E-state index contributed by atoms with van der Waals surface area (Å²) in [6.45, 7) is 2.12. The summed E-state index contributed by atoms with van der Waals surface area (Å²) in [7, 11) is 2.78. The Kier molecular flexibility index (Phi) is 6.80. The number of likely N-dealkylation sites (tertiary alicyclic amines) is 1. The van der Waals surface area contributed by atoms with Crippen LogP contribution in [0.15, 0.2) is 36.4 Å². The molecule has 2 aliphatic heterocycles. The fourth-order valence-corrected chi connectivity index (χ4v) is 5.65. The van der Waals surface area contributed by atoms with E-state index in [2.05, 4.69) is 15.2 Å². The average molecular weight is 492 g/mol. The number of hydrogen-bond donors (Lipinski definition) is 2. The van der Waals surface area contributed by atoms with Crippen molar-refractivity contribution in [3.05, 3.63) is 47.7 Å². The summed E-state index contributed by atoms with van der Waals surface area (Å²) in [6.07, 6.45) is 4.52. The van der Waals surface area contributed by atoms with Crippen LogP contribution in [0.2, 0.25) is 0 Å². The molecule has 0 radical (unpaired) electrons. The van der Waals surface area contributed by atoms with Gasteiger partial charge in [-0.3, -0.25) is 0 Å². The number of carbonyl (C=O) groups is 2. The number of rotatable bonds is 6. The van der Waals surface area contributed by atoms with Gasteiger partial charge in [-0.2, -0.15) is 0 Å². The average Bonchev–Trinajstić information content (AvgIpc) is 3.30. The zero-order chi connectivity index (χ0) is 25.2. The van der Waals surface area contributed by atoms with E-state index in [0.29, 0.717) is 30.5 Å². The molecule has 1 aromatic heterocycles. The minimum atomic E-state index is -0.512. The highest BCUT2D eigenvalue weighted by atomic mass is 16.5. The van der Waals surface area contributed by atoms with Crippen molar-refractivity contribution >= 4 is 35.0 Å². The number of nitrogens with zero attached hydrogens (tertiary/aromatic N) is 3. The zero-order valence-electron chi connectivity index (χ0n) is 20.8. The van der Waals surface area contributed by atoms with Gasteiger partial charge in [0.05, 0.1) is 25.5 Å². The van der Waals surface area contributed by atoms with E-state index < -0.39 is 5.97 Å². The molecule has 3 fully saturated rings. The summed E-state index contributed by atoms with van der Waals surface area (Å²) < 4.78 is 10.0. The predicted octanol–water partition coefficient (Wildman–Crippen LogP) is 4.45. The Morgan fingerprint density at radius 3 is 2.50 bits per heavy atom. The van der Waals surface area contributed by atoms with E-state index in [9.17, 15) is 9.59 Å². The van der Waals surface area contributed by atoms with E-state index in [1.165, 1.54) is 14.2 Å². The number of esters is 1. The minimum Gasteiger partial charge on any atom is -0.464 e. The molecule has 9 nitrogen and oxygen atoms in total. The van der Waals surface area contributed by atoms with Crippen molar-refractivity contribution in [1.82, 2.24) is 9.88 Å². The van der Waals surface area contributed by atoms with Crippen LogP contribution < -0.4 is 10.2 Å². The molecule has 5 rings (SSSR count). The highest BCUT2D eigenvalue weighted by Gasteiger charge is 2.42. The van der Waals surface area contributed by atoms with Gasteiger partial charge < -0.3 is 30.0 Å². The Morgan fingerprint density at radius 1 is 1.06 bits per heavy atom. The molecule has 1 saturated carbocycles. The largest absolute Gasteiger partial charge is 0.464 e. The lowest BCUT2D eigenvalue weighted by Gasteiger charge is -2.40. The van der Waals surface area contributed by atoms with Gasteiger partial charge in [0.15, 0.2) is 5.69 Å². The number of methoxy groups -OCH3 is 2. The van der Waals surface area contributed by atoms with Gasteiger partial charge >= 0.3 is 12.1 Å². The number of benzene rings is 1. The Balaban J connectivity index is 1.55. The Hall–Kier alpha value is -3.62. The van der Waals surface area contributed by atoms with E-state index in [-0.39, 0.29) is 23.7 Å². The number of amides is 1. The first-order valence-electron chi connectivity index (χ1n) is 12.6. The first kappa shape index (κ1) is 24.1. The molecule has 0 spiro atoms. The number of anilines is 3. The number of fused-ring (bicyclic) bond motifs is 1. The Labute approximate surface area is 211 Å². The number of aromatic nitrogens is 1. The van der Waals surface area contributed by atoms with Crippen LogP contribution in [0.1, 0.15) is 48.2 Å². The molecule has 3 aliphatic rings. The van der Waals surface area contributed by atoms with Crippen molar-refractivity contribution in [1.29, 1.82) is 5.41 Å². The van der Waals surface area contributed by atoms with Gasteiger partial charge in [-0.15, -0.1) is 0 Å². The molecule has 2 unspecified atom stereocenters. The molecule has 2 atom stereocenters. The van der Waals surface area contributed by atoms with Crippen LogP contribution in [0.3, 0.4) is 0 Å². The normalized spacial score (nSPS) is 21.4. The summed E-state index contributed by atoms with van der Waals surface area (Å²) in [6, 6.07) is 11.6. The van der Waals surface area contributed by atoms with Crippen molar-refractivity contribution in [3.63, 3.8) is 0 Å². The maximum atomic E-state index is 12.6. The third kappa shape index (κ3) is 4.50. The number of hydrogen-bond acceptors (Lipinski definition) is 8. The summed E-state index contributed by atoms with van der Waals surface area (Å²) in [5.74, 6) is 0.469. The van der Waals surface area contributed by atoms with Gasteiger partial charge in [-0.25, -0.2) is 14.6 Å². The van der Waals surface area contributed by atoms with Crippen molar-refractivity contribution in [3.8, 4) is 0 Å². The molecule has 2 N–H and O–H groups in total. The van der Waals surface area contributed by atoms with E-state index in [0.717, 1.165) is 55.6 Å². The van der Waals surface area contributed by atoms with Crippen molar-refractivity contribution in [2.45, 2.75) is 38.1 Å². The SMILES string of the molecule is COC(=O)c1cc(N2CCC3C(CCN3C(=O)OC)C2)c(C(=N)C2CCC2)c(Nc2ccccc2)n1. The zero-order valence-corrected chi connectivity index (χ0v) is 20.8. The quantitative estimate of drug-likeness (QED) is 0.454. The topological polar surface area (TPSA) is 108 Å². The Morgan fingerprint density at radius 2 is 1.83 bits per heavy atom. The second-order valence-corrected chi connectivity index (χ2v) is 9.79. The van der Waals surface area contributed by atoms with E-state index in [4.69, 9.17) is 14.9 Å². The molecule has 2 aromatic rings. The smallest absolute Gasteiger partial charge is 0.409 e. The fourth-order valence-electron chi connectivity index (χ4n) is 5.65. The van der Waals surface area contributed by atoms with Crippen LogP contribution >= 0.6 is 0 Å². The van der Waals surface area contributed by atoms with Crippen LogP contribution in [0.4, 0.5) is 22.0 Å². The summed E-state index contributed by atoms with van der Waals surface area (Å²) in [5.41, 5.74) is 3.18. The summed E-state index contributed by atoms with van der Waals surface area (Å²) in [4.78, 5) is 33.6. The monoisotopic (exact) mass is 491 g/mol. The van der Waals surface area contributed by atoms with Crippen LogP contribution in [0, 0.1) is 17.2 Å². The molecule has 0 bridgehead atoms. The second kappa shape index (κ2) is 10.2. The van der Waals surface area contributed by atoms with Gasteiger partial charge in [-0.05, 0) is 49.8 Å². The molecule has 36 heavy (non-hydrogen) atoms. The van der Waals surface area contributed by atoms with Gasteiger partial charge in [-0.1, -0.05) is 24.6 Å². The number of nitrogens with one attached hydrogen (secondary N) is 2. The van der Waals surface area contributed by atoms with Gasteiger partial charge in [0.25, 0.3) is 0 Å². The minimum absolute atomic E-state index is 0.145. The number of pyridine rings is 1. The molecule has 1 amide bonds. The highest BCUT2D eigenvalue weighted by molar-refractivity contribution is 6.10. The molecule has 1 aliphatic carbocycles. The van der Waals surface area contributed by atoms with Crippen LogP contribution in [0.25, 0.3) is 0 Å². The highest BCUT2D eigenvalue weighted by Crippen LogP contribution is 2.40. The Bertz CT molecular complexity index is 1150. The van der Waals surface area contributed by atoms with Crippen molar-refractivity contribution in [2.75, 3.05) is 44.1 Å². The third-order valence-electron chi connectivity index (χ3n) is 7.80. The first-order chi connectivity index (χ1) is 17.5. The maximum Gasteiger partial charge on any atom is 0.409 e. The van der Waals surface area contributed by atoms with Gasteiger partial charge in [0.1, 0.15) is 5.82 Å².